The van der Waals surface area contributed by atoms with E-state index >= 15 is 0 Å². The normalized spacial score (nSPS) is 15.9. The average molecular weight is 422 g/mol. The van der Waals surface area contributed by atoms with E-state index in [2.05, 4.69) is 15.5 Å². The van der Waals surface area contributed by atoms with Crippen molar-refractivity contribution < 1.29 is 28.2 Å². The number of aromatic nitrogens is 2. The van der Waals surface area contributed by atoms with Crippen LogP contribution >= 0.6 is 11.3 Å². The van der Waals surface area contributed by atoms with E-state index in [1.807, 2.05) is 0 Å². The number of cyclic esters (lactones) is 1. The topological polar surface area (TPSA) is 111 Å². The SMILES string of the molecule is CCOC(=O)Cc1nnc(-c2ccc(N3C[C@H](CNC(C)=O)OC3=O)cc2F)s1. The zero-order valence-corrected chi connectivity index (χ0v) is 16.6. The summed E-state index contributed by atoms with van der Waals surface area (Å²) in [6, 6.07) is 4.28. The van der Waals surface area contributed by atoms with Crippen LogP contribution in [0.2, 0.25) is 0 Å². The summed E-state index contributed by atoms with van der Waals surface area (Å²) in [6.45, 7) is 3.73. The van der Waals surface area contributed by atoms with Crippen molar-refractivity contribution in [1.29, 1.82) is 0 Å². The Bertz CT molecular complexity index is 935. The van der Waals surface area contributed by atoms with E-state index in [0.717, 1.165) is 11.3 Å². The fraction of sp³-hybridized carbons (Fsp3) is 0.389. The van der Waals surface area contributed by atoms with Gasteiger partial charge in [0.05, 0.1) is 31.8 Å². The molecule has 0 saturated carbocycles. The van der Waals surface area contributed by atoms with E-state index in [1.54, 1.807) is 13.0 Å². The van der Waals surface area contributed by atoms with Crippen LogP contribution in [-0.4, -0.2) is 54.0 Å². The molecule has 154 valence electrons. The smallest absolute Gasteiger partial charge is 0.414 e. The Kier molecular flexibility index (Phi) is 6.37. The predicted octanol–water partition coefficient (Wildman–Crippen LogP) is 1.91. The Labute approximate surface area is 169 Å². The Morgan fingerprint density at radius 3 is 2.90 bits per heavy atom. The molecular weight excluding hydrogens is 403 g/mol. The van der Waals surface area contributed by atoms with Gasteiger partial charge < -0.3 is 14.8 Å². The van der Waals surface area contributed by atoms with Gasteiger partial charge in [-0.15, -0.1) is 10.2 Å². The summed E-state index contributed by atoms with van der Waals surface area (Å²) in [4.78, 5) is 35.9. The molecule has 1 aromatic heterocycles. The van der Waals surface area contributed by atoms with E-state index in [4.69, 9.17) is 9.47 Å². The number of ether oxygens (including phenoxy) is 2. The molecule has 1 aliphatic heterocycles. The number of carbonyl (C=O) groups excluding carboxylic acids is 3. The molecule has 1 N–H and O–H groups in total. The number of anilines is 1. The van der Waals surface area contributed by atoms with Crippen LogP contribution in [0.3, 0.4) is 0 Å². The minimum absolute atomic E-state index is 0.0273. The van der Waals surface area contributed by atoms with Crippen LogP contribution in [0.15, 0.2) is 18.2 Å². The van der Waals surface area contributed by atoms with Gasteiger partial charge in [-0.3, -0.25) is 14.5 Å². The first-order valence-corrected chi connectivity index (χ1v) is 9.69. The number of amides is 2. The van der Waals surface area contributed by atoms with Crippen molar-refractivity contribution in [3.63, 3.8) is 0 Å². The lowest BCUT2D eigenvalue weighted by Gasteiger charge is -2.14. The highest BCUT2D eigenvalue weighted by atomic mass is 32.1. The Morgan fingerprint density at radius 2 is 2.21 bits per heavy atom. The van der Waals surface area contributed by atoms with Gasteiger partial charge in [-0.1, -0.05) is 11.3 Å². The summed E-state index contributed by atoms with van der Waals surface area (Å²) in [5.74, 6) is -1.24. The standard InChI is InChI=1S/C18H19FN4O5S/c1-3-27-16(25)7-15-21-22-17(29-15)13-5-4-11(6-14(13)19)23-9-12(28-18(23)26)8-20-10(2)24/h4-6,12H,3,7-9H2,1-2H3,(H,20,24)/t12-/m0/s1. The number of esters is 1. The van der Waals surface area contributed by atoms with Crippen LogP contribution in [0, 0.1) is 5.82 Å². The van der Waals surface area contributed by atoms with E-state index in [1.165, 1.54) is 24.0 Å². The van der Waals surface area contributed by atoms with Crippen LogP contribution in [-0.2, 0) is 25.5 Å². The molecule has 11 heteroatoms. The van der Waals surface area contributed by atoms with Crippen molar-refractivity contribution in [2.45, 2.75) is 26.4 Å². The molecule has 0 unspecified atom stereocenters. The van der Waals surface area contributed by atoms with Crippen molar-refractivity contribution in [3.05, 3.63) is 29.0 Å². The van der Waals surface area contributed by atoms with Crippen molar-refractivity contribution >= 4 is 35.0 Å². The van der Waals surface area contributed by atoms with Gasteiger partial charge in [0.2, 0.25) is 5.91 Å². The van der Waals surface area contributed by atoms with Gasteiger partial charge in [-0.25, -0.2) is 9.18 Å². The van der Waals surface area contributed by atoms with E-state index in [9.17, 15) is 18.8 Å². The highest BCUT2D eigenvalue weighted by Gasteiger charge is 2.32. The zero-order chi connectivity index (χ0) is 21.0. The van der Waals surface area contributed by atoms with Gasteiger partial charge in [-0.05, 0) is 25.1 Å². The van der Waals surface area contributed by atoms with Gasteiger partial charge >= 0.3 is 12.1 Å². The maximum atomic E-state index is 14.7. The highest BCUT2D eigenvalue weighted by molar-refractivity contribution is 7.14. The zero-order valence-electron chi connectivity index (χ0n) is 15.8. The summed E-state index contributed by atoms with van der Waals surface area (Å²) >= 11 is 1.09. The Hall–Kier alpha value is -3.08. The van der Waals surface area contributed by atoms with Crippen LogP contribution in [0.25, 0.3) is 10.6 Å². The number of carbonyl (C=O) groups is 3. The summed E-state index contributed by atoms with van der Waals surface area (Å²) < 4.78 is 24.7. The first kappa shape index (κ1) is 20.6. The van der Waals surface area contributed by atoms with Crippen molar-refractivity contribution in [3.8, 4) is 10.6 Å². The summed E-state index contributed by atoms with van der Waals surface area (Å²) in [5.41, 5.74) is 0.543. The lowest BCUT2D eigenvalue weighted by molar-refractivity contribution is -0.142. The van der Waals surface area contributed by atoms with Crippen LogP contribution in [0.4, 0.5) is 14.9 Å². The first-order valence-electron chi connectivity index (χ1n) is 8.88. The Balaban J connectivity index is 1.71. The molecule has 3 rings (SSSR count). The lowest BCUT2D eigenvalue weighted by Crippen LogP contribution is -2.33. The average Bonchev–Trinajstić information content (AvgIpc) is 3.26. The van der Waals surface area contributed by atoms with Gasteiger partial charge in [0, 0.05) is 12.5 Å². The molecule has 2 aromatic rings. The van der Waals surface area contributed by atoms with E-state index in [0.29, 0.717) is 15.7 Å². The molecule has 2 amide bonds. The summed E-state index contributed by atoms with van der Waals surface area (Å²) in [5, 5.41) is 11.1. The van der Waals surface area contributed by atoms with E-state index < -0.39 is 24.0 Å². The second kappa shape index (κ2) is 8.95. The number of nitrogens with zero attached hydrogens (tertiary/aromatic N) is 3. The summed E-state index contributed by atoms with van der Waals surface area (Å²) in [7, 11) is 0. The molecule has 1 aromatic carbocycles. The third-order valence-corrected chi connectivity index (χ3v) is 4.97. The fourth-order valence-corrected chi connectivity index (χ4v) is 3.56. The van der Waals surface area contributed by atoms with Crippen LogP contribution < -0.4 is 10.2 Å². The largest absolute Gasteiger partial charge is 0.466 e. The highest BCUT2D eigenvalue weighted by Crippen LogP contribution is 2.30. The van der Waals surface area contributed by atoms with Crippen molar-refractivity contribution in [2.75, 3.05) is 24.6 Å². The molecular formula is C18H19FN4O5S. The molecule has 0 radical (unpaired) electrons. The molecule has 2 heterocycles. The van der Waals surface area contributed by atoms with Gasteiger partial charge in [0.25, 0.3) is 0 Å². The maximum Gasteiger partial charge on any atom is 0.414 e. The number of halogens is 1. The van der Waals surface area contributed by atoms with E-state index in [-0.39, 0.29) is 37.6 Å². The third kappa shape index (κ3) is 5.05. The second-order valence-corrected chi connectivity index (χ2v) is 7.26. The number of rotatable bonds is 7. The molecule has 1 fully saturated rings. The second-order valence-electron chi connectivity index (χ2n) is 6.20. The van der Waals surface area contributed by atoms with Crippen LogP contribution in [0.1, 0.15) is 18.9 Å². The first-order chi connectivity index (χ1) is 13.9. The quantitative estimate of drug-likeness (QED) is 0.679. The maximum absolute atomic E-state index is 14.7. The number of benzene rings is 1. The molecule has 0 spiro atoms. The number of nitrogens with one attached hydrogen (secondary N) is 1. The third-order valence-electron chi connectivity index (χ3n) is 4.02. The molecule has 29 heavy (non-hydrogen) atoms. The summed E-state index contributed by atoms with van der Waals surface area (Å²) in [6.07, 6.45) is -1.15. The monoisotopic (exact) mass is 422 g/mol. The molecule has 0 bridgehead atoms. The van der Waals surface area contributed by atoms with Crippen molar-refractivity contribution in [2.24, 2.45) is 0 Å². The van der Waals surface area contributed by atoms with Crippen LogP contribution in [0.5, 0.6) is 0 Å². The molecule has 0 aliphatic carbocycles. The van der Waals surface area contributed by atoms with Crippen molar-refractivity contribution in [1.82, 2.24) is 15.5 Å². The minimum Gasteiger partial charge on any atom is -0.466 e. The number of hydrogen-bond acceptors (Lipinski definition) is 8. The molecule has 1 aliphatic rings. The van der Waals surface area contributed by atoms with Gasteiger partial charge in [0.15, 0.2) is 5.01 Å². The molecule has 9 nitrogen and oxygen atoms in total. The minimum atomic E-state index is -0.611. The lowest BCUT2D eigenvalue weighted by atomic mass is 10.2. The Morgan fingerprint density at radius 1 is 1.41 bits per heavy atom. The van der Waals surface area contributed by atoms with Gasteiger partial charge in [-0.2, -0.15) is 0 Å². The predicted molar refractivity (Wildman–Crippen MR) is 102 cm³/mol. The molecule has 1 saturated heterocycles. The van der Waals surface area contributed by atoms with Gasteiger partial charge in [0.1, 0.15) is 16.9 Å². The fourth-order valence-electron chi connectivity index (χ4n) is 2.71. The number of hydrogen-bond donors (Lipinski definition) is 1. The molecule has 1 atom stereocenters.